The lowest BCUT2D eigenvalue weighted by atomic mass is 9.79. The third kappa shape index (κ3) is 3.18. The fraction of sp³-hybridized carbons (Fsp3) is 0.533. The van der Waals surface area contributed by atoms with E-state index in [1.807, 2.05) is 6.07 Å². The first-order valence-corrected chi connectivity index (χ1v) is 7.17. The number of rotatable bonds is 2. The van der Waals surface area contributed by atoms with Crippen molar-refractivity contribution in [3.05, 3.63) is 23.3 Å². The molecule has 1 N–H and O–H groups in total. The van der Waals surface area contributed by atoms with Gasteiger partial charge in [0.2, 0.25) is 5.82 Å². The highest BCUT2D eigenvalue weighted by Gasteiger charge is 2.27. The topological polar surface area (TPSA) is 63.7 Å². The molecule has 21 heavy (non-hydrogen) atoms. The Morgan fingerprint density at radius 1 is 1.05 bits per heavy atom. The van der Waals surface area contributed by atoms with Crippen molar-refractivity contribution < 1.29 is 4.29 Å². The van der Waals surface area contributed by atoms with Crippen molar-refractivity contribution in [3.63, 3.8) is 0 Å². The summed E-state index contributed by atoms with van der Waals surface area (Å²) < 4.78 is 5.15. The summed E-state index contributed by atoms with van der Waals surface area (Å²) in [6, 6.07) is 4.15. The number of hydrogen-bond acceptors (Lipinski definition) is 4. The molecule has 6 heteroatoms. The summed E-state index contributed by atoms with van der Waals surface area (Å²) in [5.74, 6) is 1.06. The Labute approximate surface area is 130 Å². The van der Waals surface area contributed by atoms with Gasteiger partial charge in [0.25, 0.3) is 0 Å². The summed E-state index contributed by atoms with van der Waals surface area (Å²) >= 11 is 5.74. The second kappa shape index (κ2) is 5.30. The van der Waals surface area contributed by atoms with Crippen LogP contribution >= 0.6 is 11.9 Å². The quantitative estimate of drug-likeness (QED) is 0.911. The van der Waals surface area contributed by atoms with Gasteiger partial charge in [-0.3, -0.25) is 0 Å². The minimum atomic E-state index is -0.121. The van der Waals surface area contributed by atoms with Gasteiger partial charge in [0.15, 0.2) is 5.75 Å². The lowest BCUT2D eigenvalue weighted by Crippen LogP contribution is -2.17. The Bertz CT molecular complexity index is 624. The largest absolute Gasteiger partial charge is 0.384 e. The molecular formula is C15H21ClN4O. The molecule has 0 unspecified atom stereocenters. The van der Waals surface area contributed by atoms with Gasteiger partial charge in [-0.25, -0.2) is 0 Å². The molecule has 1 aromatic carbocycles. The van der Waals surface area contributed by atoms with Crippen LogP contribution in [0.25, 0.3) is 11.4 Å². The Morgan fingerprint density at radius 2 is 1.71 bits per heavy atom. The molecule has 114 valence electrons. The van der Waals surface area contributed by atoms with Crippen LogP contribution in [0.1, 0.15) is 52.7 Å². The van der Waals surface area contributed by atoms with Gasteiger partial charge in [-0.15, -0.1) is 10.2 Å². The van der Waals surface area contributed by atoms with Gasteiger partial charge in [0.05, 0.1) is 5.56 Å². The van der Waals surface area contributed by atoms with Crippen LogP contribution in [0.4, 0.5) is 0 Å². The first-order valence-electron chi connectivity index (χ1n) is 6.86. The maximum absolute atomic E-state index is 5.74. The highest BCUT2D eigenvalue weighted by molar-refractivity contribution is 6.09. The number of aromatic amines is 1. The molecule has 0 amide bonds. The van der Waals surface area contributed by atoms with Gasteiger partial charge >= 0.3 is 0 Å². The molecule has 0 saturated carbocycles. The van der Waals surface area contributed by atoms with Crippen molar-refractivity contribution in [1.82, 2.24) is 20.6 Å². The lowest BCUT2D eigenvalue weighted by molar-refractivity contribution is 0.529. The predicted octanol–water partition coefficient (Wildman–Crippen LogP) is 3.99. The zero-order chi connectivity index (χ0) is 15.8. The van der Waals surface area contributed by atoms with E-state index in [1.165, 1.54) is 5.56 Å². The molecule has 2 aromatic rings. The molecule has 0 radical (unpaired) electrons. The number of H-pyrrole nitrogens is 1. The van der Waals surface area contributed by atoms with E-state index >= 15 is 0 Å². The normalized spacial score (nSPS) is 12.5. The summed E-state index contributed by atoms with van der Waals surface area (Å²) in [5.41, 5.74) is 2.80. The average Bonchev–Trinajstić information content (AvgIpc) is 2.88. The van der Waals surface area contributed by atoms with E-state index in [4.69, 9.17) is 16.2 Å². The third-order valence-corrected chi connectivity index (χ3v) is 3.58. The molecule has 0 bridgehead atoms. The number of hydrogen-bond donors (Lipinski definition) is 1. The average molecular weight is 309 g/mol. The molecule has 0 atom stereocenters. The Balaban J connectivity index is 2.79. The summed E-state index contributed by atoms with van der Waals surface area (Å²) in [5, 5.41) is 14.2. The number of nitrogens with one attached hydrogen (secondary N) is 1. The van der Waals surface area contributed by atoms with Gasteiger partial charge < -0.3 is 4.29 Å². The molecule has 0 aliphatic carbocycles. The molecule has 0 fully saturated rings. The van der Waals surface area contributed by atoms with Gasteiger partial charge in [-0.1, -0.05) is 47.6 Å². The van der Waals surface area contributed by atoms with Crippen molar-refractivity contribution in [2.75, 3.05) is 0 Å². The standard InChI is InChI=1S/C15H21ClN4O/c1-14(2,3)9-7-10(13-17-19-20-18-13)12(21-16)11(8-9)15(4,5)6/h7-8H,1-6H3,(H,17,18,19,20). The van der Waals surface area contributed by atoms with Gasteiger partial charge in [-0.2, -0.15) is 5.21 Å². The maximum Gasteiger partial charge on any atom is 0.208 e. The Kier molecular flexibility index (Phi) is 3.97. The van der Waals surface area contributed by atoms with Gasteiger partial charge in [0.1, 0.15) is 11.9 Å². The Morgan fingerprint density at radius 3 is 2.14 bits per heavy atom. The molecule has 1 aromatic heterocycles. The van der Waals surface area contributed by atoms with Crippen LogP contribution in [0.2, 0.25) is 0 Å². The summed E-state index contributed by atoms with van der Waals surface area (Å²) in [4.78, 5) is 0. The van der Waals surface area contributed by atoms with Crippen molar-refractivity contribution in [1.29, 1.82) is 0 Å². The van der Waals surface area contributed by atoms with Crippen LogP contribution in [0.15, 0.2) is 12.1 Å². The molecule has 5 nitrogen and oxygen atoms in total. The van der Waals surface area contributed by atoms with E-state index in [9.17, 15) is 0 Å². The predicted molar refractivity (Wildman–Crippen MR) is 83.5 cm³/mol. The first kappa shape index (κ1) is 15.8. The highest BCUT2D eigenvalue weighted by Crippen LogP contribution is 2.42. The molecule has 2 rings (SSSR count). The van der Waals surface area contributed by atoms with Crippen molar-refractivity contribution in [2.24, 2.45) is 0 Å². The lowest BCUT2D eigenvalue weighted by Gasteiger charge is -2.27. The van der Waals surface area contributed by atoms with Crippen LogP contribution in [-0.4, -0.2) is 20.6 Å². The van der Waals surface area contributed by atoms with Crippen LogP contribution < -0.4 is 4.29 Å². The number of tetrazole rings is 1. The number of nitrogens with zero attached hydrogens (tertiary/aromatic N) is 3. The summed E-state index contributed by atoms with van der Waals surface area (Å²) in [7, 11) is 0. The van der Waals surface area contributed by atoms with E-state index in [0.717, 1.165) is 11.1 Å². The number of benzene rings is 1. The monoisotopic (exact) mass is 308 g/mol. The van der Waals surface area contributed by atoms with Crippen LogP contribution in [-0.2, 0) is 10.8 Å². The van der Waals surface area contributed by atoms with Crippen LogP contribution in [0, 0.1) is 0 Å². The fourth-order valence-corrected chi connectivity index (χ4v) is 2.31. The molecule has 0 spiro atoms. The Hall–Kier alpha value is -1.62. The molecule has 0 aliphatic heterocycles. The second-order valence-electron chi connectivity index (χ2n) is 7.21. The number of aromatic nitrogens is 4. The summed E-state index contributed by atoms with van der Waals surface area (Å²) in [6.07, 6.45) is 0. The third-order valence-electron chi connectivity index (χ3n) is 3.43. The smallest absolute Gasteiger partial charge is 0.208 e. The number of halogens is 1. The zero-order valence-electron chi connectivity index (χ0n) is 13.3. The van der Waals surface area contributed by atoms with E-state index in [1.54, 1.807) is 0 Å². The van der Waals surface area contributed by atoms with Gasteiger partial charge in [-0.05, 0) is 27.7 Å². The fourth-order valence-electron chi connectivity index (χ4n) is 2.14. The second-order valence-corrected chi connectivity index (χ2v) is 7.37. The molecular weight excluding hydrogens is 288 g/mol. The summed E-state index contributed by atoms with van der Waals surface area (Å²) in [6.45, 7) is 12.8. The van der Waals surface area contributed by atoms with E-state index < -0.39 is 0 Å². The minimum absolute atomic E-state index is 0.0106. The van der Waals surface area contributed by atoms with E-state index in [-0.39, 0.29) is 10.8 Å². The van der Waals surface area contributed by atoms with E-state index in [2.05, 4.69) is 68.2 Å². The first-order chi connectivity index (χ1) is 9.64. The van der Waals surface area contributed by atoms with Crippen LogP contribution in [0.5, 0.6) is 5.75 Å². The molecule has 0 aliphatic rings. The molecule has 1 heterocycles. The molecule has 0 saturated heterocycles. The zero-order valence-corrected chi connectivity index (χ0v) is 14.0. The maximum atomic E-state index is 5.74. The van der Waals surface area contributed by atoms with Crippen LogP contribution in [0.3, 0.4) is 0 Å². The minimum Gasteiger partial charge on any atom is -0.384 e. The van der Waals surface area contributed by atoms with Crippen molar-refractivity contribution in [3.8, 4) is 17.1 Å². The highest BCUT2D eigenvalue weighted by atomic mass is 35.5. The van der Waals surface area contributed by atoms with Crippen molar-refractivity contribution >= 4 is 11.9 Å². The van der Waals surface area contributed by atoms with Crippen molar-refractivity contribution in [2.45, 2.75) is 52.4 Å². The SMILES string of the molecule is CC(C)(C)c1cc(-c2nn[nH]n2)c(OCl)c(C(C)(C)C)c1. The van der Waals surface area contributed by atoms with Gasteiger partial charge in [0, 0.05) is 5.56 Å². The van der Waals surface area contributed by atoms with E-state index in [0.29, 0.717) is 11.6 Å².